The van der Waals surface area contributed by atoms with Gasteiger partial charge in [-0.2, -0.15) is 5.26 Å². The molecule has 0 N–H and O–H groups in total. The summed E-state index contributed by atoms with van der Waals surface area (Å²) in [4.78, 5) is 0. The van der Waals surface area contributed by atoms with E-state index in [-0.39, 0.29) is 0 Å². The Balaban J connectivity index is 2.88. The molecule has 1 aromatic rings. The Bertz CT molecular complexity index is 403. The van der Waals surface area contributed by atoms with E-state index in [1.54, 1.807) is 5.37 Å². The highest BCUT2D eigenvalue weighted by Crippen LogP contribution is 2.21. The minimum Gasteiger partial charge on any atom is -0.399 e. The summed E-state index contributed by atoms with van der Waals surface area (Å²) in [6.45, 7) is 6.22. The molecule has 1 aromatic carbocycles. The van der Waals surface area contributed by atoms with Gasteiger partial charge in [-0.1, -0.05) is 36.5 Å². The van der Waals surface area contributed by atoms with E-state index in [9.17, 15) is 0 Å². The van der Waals surface area contributed by atoms with Crippen molar-refractivity contribution >= 4 is 25.9 Å². The third-order valence-electron chi connectivity index (χ3n) is 1.96. The zero-order valence-corrected chi connectivity index (χ0v) is 11.5. The second kappa shape index (κ2) is 5.35. The number of hydrogen-bond donors (Lipinski definition) is 0. The van der Waals surface area contributed by atoms with Crippen molar-refractivity contribution in [1.29, 1.82) is 5.26 Å². The first-order valence-electron chi connectivity index (χ1n) is 5.09. The molecule has 16 heavy (non-hydrogen) atoms. The molecule has 1 atom stereocenters. The van der Waals surface area contributed by atoms with Crippen LogP contribution in [0, 0.1) is 11.3 Å². The molecule has 4 heteroatoms. The third-order valence-corrected chi connectivity index (χ3v) is 3.18. The predicted octanol–water partition coefficient (Wildman–Crippen LogP) is 3.45. The fraction of sp³-hybridized carbons (Fsp3) is 0.333. The number of thiocarbonyl (C=S) groups is 1. The lowest BCUT2D eigenvalue weighted by Crippen LogP contribution is -2.27. The SMILES string of the molecule is C[Si](C)(C)O[C@H](C#N)c1ccc(C=S)cc1. The third kappa shape index (κ3) is 3.85. The minimum atomic E-state index is -1.70. The van der Waals surface area contributed by atoms with E-state index in [1.807, 2.05) is 24.3 Å². The molecule has 0 heterocycles. The Morgan fingerprint density at radius 2 is 1.88 bits per heavy atom. The number of rotatable bonds is 4. The molecule has 0 aliphatic heterocycles. The zero-order valence-electron chi connectivity index (χ0n) is 9.73. The van der Waals surface area contributed by atoms with Crippen molar-refractivity contribution in [3.05, 3.63) is 35.4 Å². The van der Waals surface area contributed by atoms with Gasteiger partial charge in [-0.05, 0) is 30.8 Å². The van der Waals surface area contributed by atoms with Gasteiger partial charge in [-0.15, -0.1) is 0 Å². The maximum atomic E-state index is 9.09. The van der Waals surface area contributed by atoms with Gasteiger partial charge in [0, 0.05) is 5.37 Å². The zero-order chi connectivity index (χ0) is 12.2. The molecule has 0 aliphatic rings. The van der Waals surface area contributed by atoms with Crippen LogP contribution in [0.4, 0.5) is 0 Å². The summed E-state index contributed by atoms with van der Waals surface area (Å²) in [7, 11) is -1.70. The van der Waals surface area contributed by atoms with Crippen LogP contribution in [0.2, 0.25) is 19.6 Å². The first-order valence-corrected chi connectivity index (χ1v) is 8.97. The van der Waals surface area contributed by atoms with Crippen LogP contribution in [0.15, 0.2) is 24.3 Å². The first kappa shape index (κ1) is 13.0. The van der Waals surface area contributed by atoms with E-state index in [2.05, 4.69) is 25.7 Å². The average Bonchev–Trinajstić information content (AvgIpc) is 2.25. The van der Waals surface area contributed by atoms with Crippen LogP contribution >= 0.6 is 12.2 Å². The van der Waals surface area contributed by atoms with Gasteiger partial charge in [0.2, 0.25) is 0 Å². The van der Waals surface area contributed by atoms with Gasteiger partial charge in [0.1, 0.15) is 0 Å². The maximum Gasteiger partial charge on any atom is 0.186 e. The molecule has 0 fully saturated rings. The van der Waals surface area contributed by atoms with Gasteiger partial charge in [0.15, 0.2) is 14.4 Å². The van der Waals surface area contributed by atoms with Crippen molar-refractivity contribution in [2.24, 2.45) is 0 Å². The highest BCUT2D eigenvalue weighted by Gasteiger charge is 2.21. The molecule has 0 amide bonds. The van der Waals surface area contributed by atoms with Gasteiger partial charge >= 0.3 is 0 Å². The normalized spacial score (nSPS) is 12.9. The molecule has 0 saturated carbocycles. The molecule has 0 unspecified atom stereocenters. The van der Waals surface area contributed by atoms with Crippen LogP contribution in [0.1, 0.15) is 17.2 Å². The van der Waals surface area contributed by atoms with E-state index in [0.29, 0.717) is 0 Å². The summed E-state index contributed by atoms with van der Waals surface area (Å²) in [5.41, 5.74) is 1.87. The molecule has 0 aromatic heterocycles. The molecule has 2 nitrogen and oxygen atoms in total. The van der Waals surface area contributed by atoms with Crippen molar-refractivity contribution in [1.82, 2.24) is 0 Å². The Morgan fingerprint density at radius 3 is 2.25 bits per heavy atom. The van der Waals surface area contributed by atoms with Gasteiger partial charge in [-0.3, -0.25) is 0 Å². The van der Waals surface area contributed by atoms with Crippen LogP contribution in [-0.4, -0.2) is 13.7 Å². The molecule has 0 spiro atoms. The fourth-order valence-electron chi connectivity index (χ4n) is 1.27. The van der Waals surface area contributed by atoms with Crippen LogP contribution in [0.3, 0.4) is 0 Å². The van der Waals surface area contributed by atoms with Gasteiger partial charge in [-0.25, -0.2) is 0 Å². The van der Waals surface area contributed by atoms with Crippen molar-refractivity contribution in [3.63, 3.8) is 0 Å². The molecule has 0 radical (unpaired) electrons. The van der Waals surface area contributed by atoms with Crippen molar-refractivity contribution < 1.29 is 4.43 Å². The van der Waals surface area contributed by atoms with Crippen molar-refractivity contribution in [2.45, 2.75) is 25.7 Å². The minimum absolute atomic E-state index is 0.467. The van der Waals surface area contributed by atoms with Gasteiger partial charge < -0.3 is 4.43 Å². The Hall–Kier alpha value is -1.02. The number of nitrogens with zero attached hydrogens (tertiary/aromatic N) is 1. The van der Waals surface area contributed by atoms with Crippen molar-refractivity contribution in [2.75, 3.05) is 0 Å². The summed E-state index contributed by atoms with van der Waals surface area (Å²) in [6.07, 6.45) is -0.467. The van der Waals surface area contributed by atoms with Crippen LogP contribution in [-0.2, 0) is 4.43 Å². The topological polar surface area (TPSA) is 33.0 Å². The second-order valence-electron chi connectivity index (χ2n) is 4.52. The highest BCUT2D eigenvalue weighted by molar-refractivity contribution is 7.79. The van der Waals surface area contributed by atoms with E-state index in [1.165, 1.54) is 0 Å². The lowest BCUT2D eigenvalue weighted by Gasteiger charge is -2.21. The Labute approximate surface area is 103 Å². The molecule has 0 aliphatic carbocycles. The van der Waals surface area contributed by atoms with E-state index < -0.39 is 14.4 Å². The Kier molecular flexibility index (Phi) is 4.36. The molecular formula is C12H15NOSSi. The van der Waals surface area contributed by atoms with Crippen molar-refractivity contribution in [3.8, 4) is 6.07 Å². The smallest absolute Gasteiger partial charge is 0.186 e. The number of hydrogen-bond acceptors (Lipinski definition) is 3. The highest BCUT2D eigenvalue weighted by atomic mass is 32.1. The molecule has 0 bridgehead atoms. The number of benzene rings is 1. The van der Waals surface area contributed by atoms with Crippen LogP contribution < -0.4 is 0 Å². The quantitative estimate of drug-likeness (QED) is 0.605. The summed E-state index contributed by atoms with van der Waals surface area (Å²) >= 11 is 4.83. The molecule has 84 valence electrons. The molecular weight excluding hydrogens is 234 g/mol. The average molecular weight is 249 g/mol. The second-order valence-corrected chi connectivity index (χ2v) is 9.22. The fourth-order valence-corrected chi connectivity index (χ4v) is 2.32. The van der Waals surface area contributed by atoms with Crippen LogP contribution in [0.25, 0.3) is 0 Å². The lowest BCUT2D eigenvalue weighted by atomic mass is 10.1. The lowest BCUT2D eigenvalue weighted by molar-refractivity contribution is 0.255. The van der Waals surface area contributed by atoms with E-state index in [0.717, 1.165) is 11.1 Å². The summed E-state index contributed by atoms with van der Waals surface area (Å²) in [5.74, 6) is 0. The molecule has 0 saturated heterocycles. The Morgan fingerprint density at radius 1 is 1.31 bits per heavy atom. The van der Waals surface area contributed by atoms with Gasteiger partial charge in [0.05, 0.1) is 6.07 Å². The summed E-state index contributed by atoms with van der Waals surface area (Å²) < 4.78 is 5.79. The van der Waals surface area contributed by atoms with Crippen LogP contribution in [0.5, 0.6) is 0 Å². The van der Waals surface area contributed by atoms with E-state index in [4.69, 9.17) is 21.9 Å². The summed E-state index contributed by atoms with van der Waals surface area (Å²) in [6, 6.07) is 9.78. The largest absolute Gasteiger partial charge is 0.399 e. The van der Waals surface area contributed by atoms with E-state index >= 15 is 0 Å². The number of nitriles is 1. The monoisotopic (exact) mass is 249 g/mol. The van der Waals surface area contributed by atoms with Gasteiger partial charge in [0.25, 0.3) is 0 Å². The maximum absolute atomic E-state index is 9.09. The standard InChI is InChI=1S/C12H15NOSSi/c1-16(2,3)14-12(8-13)11-6-4-10(9-15)5-7-11/h4-7,9,12H,1-3H3/t12-/m1/s1. The molecule has 1 rings (SSSR count). The first-order chi connectivity index (χ1) is 7.46. The summed E-state index contributed by atoms with van der Waals surface area (Å²) in [5, 5.41) is 10.7. The predicted molar refractivity (Wildman–Crippen MR) is 72.0 cm³/mol.